The Morgan fingerprint density at radius 1 is 1.28 bits per heavy atom. The van der Waals surface area contributed by atoms with Gasteiger partial charge in [-0.2, -0.15) is 0 Å². The second-order valence-corrected chi connectivity index (χ2v) is 3.89. The molecule has 0 aromatic carbocycles. The Hall–Kier alpha value is -1.14. The molecule has 0 fully saturated rings. The minimum Gasteiger partial charge on any atom is -0.480 e. The number of aliphatic carboxylic acids is 1. The highest BCUT2D eigenvalue weighted by molar-refractivity contribution is 5.83. The van der Waals surface area contributed by atoms with Crippen LogP contribution in [0, 0.1) is 0 Å². The van der Waals surface area contributed by atoms with E-state index in [1.54, 1.807) is 7.11 Å². The van der Waals surface area contributed by atoms with Gasteiger partial charge in [0, 0.05) is 33.4 Å². The standard InChI is InChI=1S/C12H23NO5/c1-3-18-9-5-7-11(14)13-10(12(15)16)6-4-8-17-2/h10H,3-9H2,1-2H3,(H,13,14)(H,15,16). The fourth-order valence-electron chi connectivity index (χ4n) is 1.43. The van der Waals surface area contributed by atoms with Gasteiger partial charge in [0.15, 0.2) is 0 Å². The molecule has 2 N–H and O–H groups in total. The lowest BCUT2D eigenvalue weighted by molar-refractivity contribution is -0.142. The van der Waals surface area contributed by atoms with Crippen molar-refractivity contribution < 1.29 is 24.2 Å². The SMILES string of the molecule is CCOCCCC(=O)NC(CCCOC)C(=O)O. The average molecular weight is 261 g/mol. The van der Waals surface area contributed by atoms with Crippen molar-refractivity contribution in [3.05, 3.63) is 0 Å². The second kappa shape index (κ2) is 11.0. The monoisotopic (exact) mass is 261 g/mol. The van der Waals surface area contributed by atoms with E-state index in [1.807, 2.05) is 6.92 Å². The summed E-state index contributed by atoms with van der Waals surface area (Å²) in [6.45, 7) is 3.52. The number of carboxylic acids is 1. The normalized spacial score (nSPS) is 12.1. The van der Waals surface area contributed by atoms with Gasteiger partial charge in [0.2, 0.25) is 5.91 Å². The third-order valence-corrected chi connectivity index (χ3v) is 2.37. The van der Waals surface area contributed by atoms with Crippen LogP contribution >= 0.6 is 0 Å². The molecule has 0 bridgehead atoms. The molecule has 0 aliphatic rings. The van der Waals surface area contributed by atoms with Gasteiger partial charge in [-0.1, -0.05) is 0 Å². The summed E-state index contributed by atoms with van der Waals surface area (Å²) in [6.07, 6.45) is 1.87. The molecule has 0 saturated carbocycles. The molecule has 0 aliphatic heterocycles. The number of carboxylic acid groups (broad SMARTS) is 1. The minimum absolute atomic E-state index is 0.250. The van der Waals surface area contributed by atoms with Crippen molar-refractivity contribution in [2.24, 2.45) is 0 Å². The maximum absolute atomic E-state index is 11.5. The van der Waals surface area contributed by atoms with E-state index in [-0.39, 0.29) is 12.3 Å². The summed E-state index contributed by atoms with van der Waals surface area (Å²) in [4.78, 5) is 22.4. The largest absolute Gasteiger partial charge is 0.480 e. The lowest BCUT2D eigenvalue weighted by atomic mass is 10.1. The van der Waals surface area contributed by atoms with Gasteiger partial charge in [-0.05, 0) is 26.2 Å². The van der Waals surface area contributed by atoms with Gasteiger partial charge in [0.1, 0.15) is 6.04 Å². The second-order valence-electron chi connectivity index (χ2n) is 3.89. The van der Waals surface area contributed by atoms with E-state index in [2.05, 4.69) is 5.32 Å². The number of ether oxygens (including phenoxy) is 2. The van der Waals surface area contributed by atoms with E-state index in [4.69, 9.17) is 14.6 Å². The maximum atomic E-state index is 11.5. The van der Waals surface area contributed by atoms with Gasteiger partial charge in [-0.25, -0.2) is 4.79 Å². The topological polar surface area (TPSA) is 84.9 Å². The van der Waals surface area contributed by atoms with Crippen LogP contribution in [-0.4, -0.2) is 50.0 Å². The third-order valence-electron chi connectivity index (χ3n) is 2.37. The Morgan fingerprint density at radius 3 is 2.56 bits per heavy atom. The van der Waals surface area contributed by atoms with Crippen molar-refractivity contribution in [2.75, 3.05) is 26.9 Å². The van der Waals surface area contributed by atoms with E-state index >= 15 is 0 Å². The molecule has 0 rings (SSSR count). The van der Waals surface area contributed by atoms with Crippen LogP contribution in [0.3, 0.4) is 0 Å². The summed E-state index contributed by atoms with van der Waals surface area (Å²) >= 11 is 0. The fraction of sp³-hybridized carbons (Fsp3) is 0.833. The zero-order chi connectivity index (χ0) is 13.8. The van der Waals surface area contributed by atoms with Gasteiger partial charge >= 0.3 is 5.97 Å². The first-order valence-corrected chi connectivity index (χ1v) is 6.20. The van der Waals surface area contributed by atoms with Crippen LogP contribution < -0.4 is 5.32 Å². The number of amides is 1. The Labute approximate surface area is 108 Å². The first-order valence-electron chi connectivity index (χ1n) is 6.20. The van der Waals surface area contributed by atoms with Gasteiger partial charge in [-0.3, -0.25) is 4.79 Å². The predicted molar refractivity (Wildman–Crippen MR) is 66.4 cm³/mol. The predicted octanol–water partition coefficient (Wildman–Crippen LogP) is 0.799. The van der Waals surface area contributed by atoms with Crippen LogP contribution in [0.5, 0.6) is 0 Å². The highest BCUT2D eigenvalue weighted by Crippen LogP contribution is 2.00. The first kappa shape index (κ1) is 16.9. The summed E-state index contributed by atoms with van der Waals surface area (Å²) in [6, 6.07) is -0.834. The zero-order valence-corrected chi connectivity index (χ0v) is 11.1. The minimum atomic E-state index is -1.01. The van der Waals surface area contributed by atoms with Crippen LogP contribution in [0.4, 0.5) is 0 Å². The highest BCUT2D eigenvalue weighted by Gasteiger charge is 2.18. The molecule has 6 heteroatoms. The summed E-state index contributed by atoms with van der Waals surface area (Å²) in [5, 5.41) is 11.5. The maximum Gasteiger partial charge on any atom is 0.326 e. The average Bonchev–Trinajstić information content (AvgIpc) is 2.33. The number of carbonyl (C=O) groups excluding carboxylic acids is 1. The highest BCUT2D eigenvalue weighted by atomic mass is 16.5. The zero-order valence-electron chi connectivity index (χ0n) is 11.1. The van der Waals surface area contributed by atoms with Crippen LogP contribution in [0.2, 0.25) is 0 Å². The molecule has 1 amide bonds. The van der Waals surface area contributed by atoms with Crippen molar-refractivity contribution >= 4 is 11.9 Å². The molecule has 0 saturated heterocycles. The lowest BCUT2D eigenvalue weighted by Gasteiger charge is -2.14. The van der Waals surface area contributed by atoms with Crippen molar-refractivity contribution in [1.82, 2.24) is 5.32 Å². The van der Waals surface area contributed by atoms with E-state index in [0.29, 0.717) is 39.1 Å². The van der Waals surface area contributed by atoms with E-state index < -0.39 is 12.0 Å². The Kier molecular flexibility index (Phi) is 10.3. The molecular weight excluding hydrogens is 238 g/mol. The number of hydrogen-bond donors (Lipinski definition) is 2. The Morgan fingerprint density at radius 2 is 2.00 bits per heavy atom. The van der Waals surface area contributed by atoms with Crippen molar-refractivity contribution in [1.29, 1.82) is 0 Å². The van der Waals surface area contributed by atoms with E-state index in [0.717, 1.165) is 0 Å². The third kappa shape index (κ3) is 8.95. The quantitative estimate of drug-likeness (QED) is 0.537. The fourth-order valence-corrected chi connectivity index (χ4v) is 1.43. The van der Waals surface area contributed by atoms with Crippen molar-refractivity contribution in [3.8, 4) is 0 Å². The summed E-state index contributed by atoms with van der Waals surface area (Å²) in [5.41, 5.74) is 0. The van der Waals surface area contributed by atoms with Crippen LogP contribution in [0.15, 0.2) is 0 Å². The van der Waals surface area contributed by atoms with Gasteiger partial charge in [0.05, 0.1) is 0 Å². The van der Waals surface area contributed by atoms with Crippen LogP contribution in [-0.2, 0) is 19.1 Å². The molecule has 1 unspecified atom stereocenters. The molecule has 106 valence electrons. The summed E-state index contributed by atoms with van der Waals surface area (Å²) in [5.74, 6) is -1.26. The molecule has 6 nitrogen and oxygen atoms in total. The molecule has 0 aromatic rings. The van der Waals surface area contributed by atoms with Gasteiger partial charge < -0.3 is 19.9 Å². The number of methoxy groups -OCH3 is 1. The summed E-state index contributed by atoms with van der Waals surface area (Å²) in [7, 11) is 1.56. The van der Waals surface area contributed by atoms with E-state index in [1.165, 1.54) is 0 Å². The number of hydrogen-bond acceptors (Lipinski definition) is 4. The molecule has 0 aromatic heterocycles. The van der Waals surface area contributed by atoms with Gasteiger partial charge in [-0.15, -0.1) is 0 Å². The molecular formula is C12H23NO5. The van der Waals surface area contributed by atoms with E-state index in [9.17, 15) is 9.59 Å². The lowest BCUT2D eigenvalue weighted by Crippen LogP contribution is -2.40. The number of rotatable bonds is 11. The molecule has 0 heterocycles. The van der Waals surface area contributed by atoms with Crippen molar-refractivity contribution in [3.63, 3.8) is 0 Å². The first-order chi connectivity index (χ1) is 8.61. The van der Waals surface area contributed by atoms with Crippen LogP contribution in [0.25, 0.3) is 0 Å². The Balaban J connectivity index is 3.85. The number of carbonyl (C=O) groups is 2. The van der Waals surface area contributed by atoms with Crippen LogP contribution in [0.1, 0.15) is 32.6 Å². The molecule has 1 atom stereocenters. The molecule has 0 radical (unpaired) electrons. The molecule has 0 aliphatic carbocycles. The summed E-state index contributed by atoms with van der Waals surface area (Å²) < 4.78 is 9.95. The van der Waals surface area contributed by atoms with Gasteiger partial charge in [0.25, 0.3) is 0 Å². The molecule has 0 spiro atoms. The Bertz CT molecular complexity index is 245. The smallest absolute Gasteiger partial charge is 0.326 e. The van der Waals surface area contributed by atoms with Crippen molar-refractivity contribution in [2.45, 2.75) is 38.6 Å². The number of nitrogens with one attached hydrogen (secondary N) is 1. The molecule has 18 heavy (non-hydrogen) atoms.